The monoisotopic (exact) mass is 275 g/mol. The van der Waals surface area contributed by atoms with E-state index >= 15 is 0 Å². The highest BCUT2D eigenvalue weighted by molar-refractivity contribution is 7.85. The first-order valence-corrected chi connectivity index (χ1v) is 7.39. The van der Waals surface area contributed by atoms with Crippen LogP contribution in [0.15, 0.2) is 18.2 Å². The van der Waals surface area contributed by atoms with Gasteiger partial charge in [-0.25, -0.2) is 4.39 Å². The summed E-state index contributed by atoms with van der Waals surface area (Å²) < 4.78 is 25.0. The van der Waals surface area contributed by atoms with Crippen molar-refractivity contribution in [1.82, 2.24) is 5.32 Å². The minimum atomic E-state index is -0.844. The summed E-state index contributed by atoms with van der Waals surface area (Å²) in [6, 6.07) is 4.67. The molecular formula is C12H15ClFNOS. The quantitative estimate of drug-likeness (QED) is 0.854. The van der Waals surface area contributed by atoms with E-state index in [1.807, 2.05) is 6.92 Å². The average Bonchev–Trinajstić information content (AvgIpc) is 2.46. The smallest absolute Gasteiger partial charge is 0.141 e. The van der Waals surface area contributed by atoms with Crippen LogP contribution in [0.25, 0.3) is 0 Å². The lowest BCUT2D eigenvalue weighted by atomic mass is 10.1. The van der Waals surface area contributed by atoms with Gasteiger partial charge >= 0.3 is 0 Å². The molecule has 94 valence electrons. The van der Waals surface area contributed by atoms with Gasteiger partial charge in [0.15, 0.2) is 0 Å². The third kappa shape index (κ3) is 3.06. The molecule has 0 amide bonds. The van der Waals surface area contributed by atoms with Crippen molar-refractivity contribution in [3.05, 3.63) is 34.6 Å². The molecule has 1 aromatic carbocycles. The van der Waals surface area contributed by atoms with E-state index in [9.17, 15) is 8.60 Å². The Morgan fingerprint density at radius 1 is 1.53 bits per heavy atom. The second kappa shape index (κ2) is 5.46. The van der Waals surface area contributed by atoms with Gasteiger partial charge in [0.05, 0.1) is 5.02 Å². The summed E-state index contributed by atoms with van der Waals surface area (Å²) in [7, 11) is -0.844. The zero-order valence-corrected chi connectivity index (χ0v) is 11.2. The molecule has 1 saturated heterocycles. The minimum Gasteiger partial charge on any atom is -0.309 e. The Labute approximate surface area is 108 Å². The predicted octanol–water partition coefficient (Wildman–Crippen LogP) is 2.65. The fourth-order valence-corrected chi connectivity index (χ4v) is 3.46. The zero-order valence-electron chi connectivity index (χ0n) is 9.58. The van der Waals surface area contributed by atoms with Crippen LogP contribution in [0.4, 0.5) is 4.39 Å². The van der Waals surface area contributed by atoms with Gasteiger partial charge in [0.2, 0.25) is 0 Å². The third-order valence-corrected chi connectivity index (χ3v) is 5.15. The van der Waals surface area contributed by atoms with E-state index in [-0.39, 0.29) is 16.3 Å². The molecule has 0 aliphatic carbocycles. The van der Waals surface area contributed by atoms with Crippen LogP contribution in [-0.4, -0.2) is 21.8 Å². The fourth-order valence-electron chi connectivity index (χ4n) is 1.92. The molecule has 1 N–H and O–H groups in total. The van der Waals surface area contributed by atoms with Gasteiger partial charge in [-0.2, -0.15) is 0 Å². The van der Waals surface area contributed by atoms with Gasteiger partial charge in [0.25, 0.3) is 0 Å². The number of rotatable bonds is 1. The topological polar surface area (TPSA) is 29.1 Å². The van der Waals surface area contributed by atoms with E-state index in [0.29, 0.717) is 5.75 Å². The van der Waals surface area contributed by atoms with Crippen LogP contribution in [0.1, 0.15) is 24.9 Å². The van der Waals surface area contributed by atoms with Crippen molar-refractivity contribution < 1.29 is 8.60 Å². The largest absolute Gasteiger partial charge is 0.309 e. The van der Waals surface area contributed by atoms with Crippen LogP contribution in [0.3, 0.4) is 0 Å². The van der Waals surface area contributed by atoms with Gasteiger partial charge in [-0.1, -0.05) is 24.6 Å². The Morgan fingerprint density at radius 2 is 2.29 bits per heavy atom. The lowest BCUT2D eigenvalue weighted by molar-refractivity contribution is 0.575. The molecule has 2 nitrogen and oxygen atoms in total. The van der Waals surface area contributed by atoms with Gasteiger partial charge in [-0.3, -0.25) is 4.21 Å². The molecule has 5 heteroatoms. The Morgan fingerprint density at radius 3 is 3.00 bits per heavy atom. The van der Waals surface area contributed by atoms with Crippen molar-refractivity contribution in [2.24, 2.45) is 0 Å². The van der Waals surface area contributed by atoms with E-state index in [0.717, 1.165) is 18.5 Å². The van der Waals surface area contributed by atoms with Gasteiger partial charge in [0.1, 0.15) is 5.82 Å². The molecule has 0 saturated carbocycles. The fraction of sp³-hybridized carbons (Fsp3) is 0.500. The number of nitrogens with one attached hydrogen (secondary N) is 1. The Hall–Kier alpha value is -0.450. The highest BCUT2D eigenvalue weighted by Gasteiger charge is 2.23. The van der Waals surface area contributed by atoms with Crippen molar-refractivity contribution in [3.63, 3.8) is 0 Å². The molecule has 1 aliphatic heterocycles. The zero-order chi connectivity index (χ0) is 12.4. The van der Waals surface area contributed by atoms with Gasteiger partial charge in [-0.05, 0) is 30.7 Å². The molecule has 1 aliphatic rings. The lowest BCUT2D eigenvalue weighted by Crippen LogP contribution is -2.24. The molecular weight excluding hydrogens is 261 g/mol. The maximum atomic E-state index is 13.1. The summed E-state index contributed by atoms with van der Waals surface area (Å²) >= 11 is 5.76. The van der Waals surface area contributed by atoms with Crippen LogP contribution >= 0.6 is 11.6 Å². The van der Waals surface area contributed by atoms with Gasteiger partial charge < -0.3 is 5.32 Å². The molecule has 1 fully saturated rings. The lowest BCUT2D eigenvalue weighted by Gasteiger charge is -2.16. The highest BCUT2D eigenvalue weighted by Crippen LogP contribution is 2.24. The Balaban J connectivity index is 2.21. The molecule has 17 heavy (non-hydrogen) atoms. The van der Waals surface area contributed by atoms with Crippen LogP contribution < -0.4 is 5.32 Å². The molecule has 1 aromatic rings. The Kier molecular flexibility index (Phi) is 4.17. The number of benzene rings is 1. The first kappa shape index (κ1) is 13.0. The molecule has 1 heterocycles. The Bertz CT molecular complexity index is 441. The van der Waals surface area contributed by atoms with E-state index in [1.54, 1.807) is 12.1 Å². The van der Waals surface area contributed by atoms with Crippen LogP contribution in [0.5, 0.6) is 0 Å². The molecule has 0 aromatic heterocycles. The molecule has 3 atom stereocenters. The van der Waals surface area contributed by atoms with Crippen LogP contribution in [-0.2, 0) is 10.8 Å². The minimum absolute atomic E-state index is 0.00103. The normalized spacial score (nSPS) is 29.9. The maximum absolute atomic E-state index is 13.1. The average molecular weight is 276 g/mol. The van der Waals surface area contributed by atoms with Crippen molar-refractivity contribution in [3.8, 4) is 0 Å². The van der Waals surface area contributed by atoms with Crippen molar-refractivity contribution in [2.75, 3.05) is 12.3 Å². The van der Waals surface area contributed by atoms with Crippen molar-refractivity contribution in [1.29, 1.82) is 0 Å². The second-order valence-electron chi connectivity index (χ2n) is 4.33. The van der Waals surface area contributed by atoms with Gasteiger partial charge in [0, 0.05) is 27.8 Å². The summed E-state index contributed by atoms with van der Waals surface area (Å²) in [5, 5.41) is 3.66. The van der Waals surface area contributed by atoms with E-state index in [2.05, 4.69) is 5.32 Å². The van der Waals surface area contributed by atoms with Gasteiger partial charge in [-0.15, -0.1) is 0 Å². The summed E-state index contributed by atoms with van der Waals surface area (Å²) in [6.07, 6.45) is 0.901. The second-order valence-corrected chi connectivity index (χ2v) is 6.63. The molecule has 3 unspecified atom stereocenters. The number of hydrogen-bond acceptors (Lipinski definition) is 2. The molecule has 0 bridgehead atoms. The van der Waals surface area contributed by atoms with Crippen molar-refractivity contribution >= 4 is 22.4 Å². The summed E-state index contributed by atoms with van der Waals surface area (Å²) in [4.78, 5) is 0. The van der Waals surface area contributed by atoms with E-state index in [1.165, 1.54) is 6.07 Å². The maximum Gasteiger partial charge on any atom is 0.141 e. The highest BCUT2D eigenvalue weighted by atomic mass is 35.5. The van der Waals surface area contributed by atoms with E-state index in [4.69, 9.17) is 11.6 Å². The predicted molar refractivity (Wildman–Crippen MR) is 69.2 cm³/mol. The standard InChI is InChI=1S/C12H15ClFNOS/c1-8-4-5-15-12(7-17(8)16)9-2-3-11(14)10(13)6-9/h2-3,6,8,12,15H,4-5,7H2,1H3. The number of hydrogen-bond donors (Lipinski definition) is 1. The summed E-state index contributed by atoms with van der Waals surface area (Å²) in [6.45, 7) is 2.82. The molecule has 0 radical (unpaired) electrons. The first-order valence-electron chi connectivity index (χ1n) is 5.63. The summed E-state index contributed by atoms with van der Waals surface area (Å²) in [5.74, 6) is 0.141. The first-order chi connectivity index (χ1) is 8.08. The van der Waals surface area contributed by atoms with Crippen LogP contribution in [0, 0.1) is 5.82 Å². The SMILES string of the molecule is CC1CCNC(c2ccc(F)c(Cl)c2)CS1=O. The molecule has 2 rings (SSSR count). The third-order valence-electron chi connectivity index (χ3n) is 3.07. The van der Waals surface area contributed by atoms with Crippen molar-refractivity contribution in [2.45, 2.75) is 24.6 Å². The van der Waals surface area contributed by atoms with Crippen LogP contribution in [0.2, 0.25) is 5.02 Å². The van der Waals surface area contributed by atoms with E-state index < -0.39 is 16.6 Å². The number of halogens is 2. The summed E-state index contributed by atoms with van der Waals surface area (Å²) in [5.41, 5.74) is 0.902. The molecule has 0 spiro atoms.